The van der Waals surface area contributed by atoms with Crippen LogP contribution < -0.4 is 16.1 Å². The first-order valence-corrected chi connectivity index (χ1v) is 12.8. The molecule has 3 aliphatic heterocycles. The molecule has 3 heterocycles. The Labute approximate surface area is 186 Å². The maximum absolute atomic E-state index is 3.86. The minimum absolute atomic E-state index is 0.533. The summed E-state index contributed by atoms with van der Waals surface area (Å²) in [4.78, 5) is 5.41. The molecule has 0 bridgehead atoms. The lowest BCUT2D eigenvalue weighted by Gasteiger charge is -2.38. The van der Waals surface area contributed by atoms with Crippen molar-refractivity contribution >= 4 is 6.72 Å². The Bertz CT molecular complexity index is 425. The highest BCUT2D eigenvalue weighted by atomic mass is 15.3. The molecule has 0 amide bonds. The third-order valence-corrected chi connectivity index (χ3v) is 7.25. The van der Waals surface area contributed by atoms with Crippen molar-refractivity contribution < 1.29 is 0 Å². The lowest BCUT2D eigenvalue weighted by molar-refractivity contribution is 0.128. The number of nitrogens with zero attached hydrogens (tertiary/aromatic N) is 3. The van der Waals surface area contributed by atoms with Gasteiger partial charge >= 0.3 is 0 Å². The van der Waals surface area contributed by atoms with Gasteiger partial charge in [-0.2, -0.15) is 5.10 Å². The Morgan fingerprint density at radius 1 is 0.967 bits per heavy atom. The minimum atomic E-state index is 0.533. The van der Waals surface area contributed by atoms with Crippen LogP contribution >= 0.6 is 0 Å². The van der Waals surface area contributed by atoms with Crippen molar-refractivity contribution in [2.45, 2.75) is 64.8 Å². The van der Waals surface area contributed by atoms with Crippen molar-refractivity contribution in [1.29, 1.82) is 0 Å². The smallest absolute Gasteiger partial charge is 0.0464 e. The van der Waals surface area contributed by atoms with Gasteiger partial charge in [-0.1, -0.05) is 20.3 Å². The van der Waals surface area contributed by atoms with Crippen molar-refractivity contribution in [3.8, 4) is 0 Å². The first kappa shape index (κ1) is 25.6. The molecule has 3 rings (SSSR count). The average molecular weight is 423 g/mol. The lowest BCUT2D eigenvalue weighted by Crippen LogP contribution is -2.49. The van der Waals surface area contributed by atoms with Crippen molar-refractivity contribution in [3.05, 3.63) is 0 Å². The number of hydrogen-bond donors (Lipinski definition) is 3. The zero-order valence-electron chi connectivity index (χ0n) is 20.2. The summed E-state index contributed by atoms with van der Waals surface area (Å²) in [6.07, 6.45) is 9.40. The molecule has 0 radical (unpaired) electrons. The van der Waals surface area contributed by atoms with Gasteiger partial charge in [-0.05, 0) is 83.0 Å². The number of likely N-dealkylation sites (tertiary alicyclic amines) is 2. The van der Waals surface area contributed by atoms with Gasteiger partial charge < -0.3 is 25.9 Å². The highest BCUT2D eigenvalue weighted by Gasteiger charge is 2.26. The molecule has 0 aromatic heterocycles. The molecular weight excluding hydrogens is 372 g/mol. The molecule has 0 spiro atoms. The van der Waals surface area contributed by atoms with E-state index >= 15 is 0 Å². The fourth-order valence-electron chi connectivity index (χ4n) is 5.19. The summed E-state index contributed by atoms with van der Waals surface area (Å²) < 4.78 is 0. The quantitative estimate of drug-likeness (QED) is 0.333. The van der Waals surface area contributed by atoms with Crippen LogP contribution in [0.4, 0.5) is 0 Å². The van der Waals surface area contributed by atoms with Gasteiger partial charge in [0.05, 0.1) is 0 Å². The number of piperidine rings is 2. The monoisotopic (exact) mass is 422 g/mol. The second-order valence-corrected chi connectivity index (χ2v) is 9.47. The molecule has 1 unspecified atom stereocenters. The van der Waals surface area contributed by atoms with Gasteiger partial charge in [-0.3, -0.25) is 0 Å². The van der Waals surface area contributed by atoms with Crippen LogP contribution in [0.1, 0.15) is 58.8 Å². The summed E-state index contributed by atoms with van der Waals surface area (Å²) in [6.45, 7) is 18.9. The van der Waals surface area contributed by atoms with E-state index in [1.54, 1.807) is 0 Å². The van der Waals surface area contributed by atoms with Crippen LogP contribution in [0, 0.1) is 17.8 Å². The highest BCUT2D eigenvalue weighted by Crippen LogP contribution is 2.26. The largest absolute Gasteiger partial charge is 0.320 e. The first-order valence-electron chi connectivity index (χ1n) is 12.8. The molecule has 0 aromatic carbocycles. The van der Waals surface area contributed by atoms with E-state index in [2.05, 4.69) is 44.7 Å². The van der Waals surface area contributed by atoms with Gasteiger partial charge in [-0.15, -0.1) is 0 Å². The van der Waals surface area contributed by atoms with Gasteiger partial charge in [0.15, 0.2) is 0 Å². The first-order chi connectivity index (χ1) is 14.8. The molecular formula is C24H50N6. The van der Waals surface area contributed by atoms with Crippen LogP contribution in [0.2, 0.25) is 0 Å². The van der Waals surface area contributed by atoms with E-state index in [0.717, 1.165) is 24.3 Å². The van der Waals surface area contributed by atoms with E-state index in [9.17, 15) is 0 Å². The van der Waals surface area contributed by atoms with Crippen molar-refractivity contribution in [1.82, 2.24) is 25.9 Å². The summed E-state index contributed by atoms with van der Waals surface area (Å²) in [5.74, 6) is 2.72. The molecule has 6 nitrogen and oxygen atoms in total. The Kier molecular flexibility index (Phi) is 12.9. The fourth-order valence-corrected chi connectivity index (χ4v) is 5.19. The van der Waals surface area contributed by atoms with Crippen LogP contribution in [0.3, 0.4) is 0 Å². The van der Waals surface area contributed by atoms with E-state index in [1.165, 1.54) is 97.3 Å². The Hall–Kier alpha value is -0.690. The number of hydrogen-bond acceptors (Lipinski definition) is 6. The Morgan fingerprint density at radius 2 is 1.63 bits per heavy atom. The predicted octanol–water partition coefficient (Wildman–Crippen LogP) is 2.62. The van der Waals surface area contributed by atoms with Gasteiger partial charge in [-0.25, -0.2) is 0 Å². The zero-order valence-corrected chi connectivity index (χ0v) is 20.2. The summed E-state index contributed by atoms with van der Waals surface area (Å²) >= 11 is 0. The maximum atomic E-state index is 3.86. The predicted molar refractivity (Wildman–Crippen MR) is 130 cm³/mol. The van der Waals surface area contributed by atoms with Crippen LogP contribution in [-0.2, 0) is 0 Å². The second kappa shape index (κ2) is 15.2. The summed E-state index contributed by atoms with van der Waals surface area (Å²) in [7, 11) is 2.09. The Morgan fingerprint density at radius 3 is 2.20 bits per heavy atom. The number of nitrogens with one attached hydrogen (secondary N) is 3. The van der Waals surface area contributed by atoms with E-state index in [-0.39, 0.29) is 0 Å². The molecule has 1 atom stereocenters. The summed E-state index contributed by atoms with van der Waals surface area (Å²) in [5, 5.41) is 10.6. The SMILES string of the molecule is C=NNC1CCN(CC(CCNC)CCC2CCN(CC3CNC3)CC2)CC1.CC. The van der Waals surface area contributed by atoms with Gasteiger partial charge in [0, 0.05) is 52.0 Å². The molecule has 30 heavy (non-hydrogen) atoms. The standard InChI is InChI=1S/C22H44N6.C2H6/c1-23-10-5-20(17-28-13-8-22(9-14-28)26-24-2)4-3-19-6-11-27(12-7-19)18-21-15-25-16-21;1-2/h19-23,25-26H,2-18H2,1H3;1-2H3. The van der Waals surface area contributed by atoms with Crippen LogP contribution in [0.15, 0.2) is 5.10 Å². The third-order valence-electron chi connectivity index (χ3n) is 7.25. The van der Waals surface area contributed by atoms with Crippen LogP contribution in [0.5, 0.6) is 0 Å². The summed E-state index contributed by atoms with van der Waals surface area (Å²) in [5.41, 5.74) is 3.15. The molecule has 176 valence electrons. The van der Waals surface area contributed by atoms with E-state index in [1.807, 2.05) is 13.8 Å². The molecule has 3 saturated heterocycles. The molecule has 3 fully saturated rings. The zero-order chi connectivity index (χ0) is 21.6. The van der Waals surface area contributed by atoms with Crippen molar-refractivity contribution in [2.75, 3.05) is 66.0 Å². The molecule has 3 aliphatic rings. The fraction of sp³-hybridized carbons (Fsp3) is 0.958. The van der Waals surface area contributed by atoms with Crippen molar-refractivity contribution in [2.24, 2.45) is 22.9 Å². The van der Waals surface area contributed by atoms with Gasteiger partial charge in [0.1, 0.15) is 0 Å². The third kappa shape index (κ3) is 9.21. The highest BCUT2D eigenvalue weighted by molar-refractivity contribution is 5.22. The molecule has 3 N–H and O–H groups in total. The Balaban J connectivity index is 0.00000155. The number of rotatable bonds is 12. The summed E-state index contributed by atoms with van der Waals surface area (Å²) in [6, 6.07) is 0.533. The van der Waals surface area contributed by atoms with Gasteiger partial charge in [0.2, 0.25) is 0 Å². The molecule has 0 saturated carbocycles. The topological polar surface area (TPSA) is 54.9 Å². The molecule has 0 aliphatic carbocycles. The van der Waals surface area contributed by atoms with E-state index in [0.29, 0.717) is 6.04 Å². The average Bonchev–Trinajstić information content (AvgIpc) is 2.76. The maximum Gasteiger partial charge on any atom is 0.0464 e. The lowest BCUT2D eigenvalue weighted by atomic mass is 9.87. The molecule has 0 aromatic rings. The van der Waals surface area contributed by atoms with Gasteiger partial charge in [0.25, 0.3) is 0 Å². The van der Waals surface area contributed by atoms with E-state index in [4.69, 9.17) is 0 Å². The van der Waals surface area contributed by atoms with E-state index < -0.39 is 0 Å². The van der Waals surface area contributed by atoms with Crippen LogP contribution in [0.25, 0.3) is 0 Å². The second-order valence-electron chi connectivity index (χ2n) is 9.47. The normalized spacial score (nSPS) is 23.3. The molecule has 6 heteroatoms. The number of hydrazone groups is 1. The van der Waals surface area contributed by atoms with Crippen molar-refractivity contribution in [3.63, 3.8) is 0 Å². The minimum Gasteiger partial charge on any atom is -0.320 e. The van der Waals surface area contributed by atoms with Crippen LogP contribution in [-0.4, -0.2) is 88.5 Å².